The van der Waals surface area contributed by atoms with Crippen molar-refractivity contribution < 1.29 is 9.59 Å². The SMILES string of the molecule is CCN(CC)CC(=O)Nc1cccc(NC=c2sc(=C(C#N)C(=O)NC)n(CC)c2=O)c1. The summed E-state index contributed by atoms with van der Waals surface area (Å²) in [7, 11) is 1.43. The maximum atomic E-state index is 12.7. The van der Waals surface area contributed by atoms with Crippen molar-refractivity contribution in [2.24, 2.45) is 0 Å². The minimum atomic E-state index is -0.538. The molecule has 0 aliphatic carbocycles. The Labute approximate surface area is 190 Å². The van der Waals surface area contributed by atoms with Gasteiger partial charge in [0.15, 0.2) is 5.57 Å². The molecule has 2 aromatic rings. The van der Waals surface area contributed by atoms with E-state index in [2.05, 4.69) is 16.0 Å². The van der Waals surface area contributed by atoms with Gasteiger partial charge in [0.1, 0.15) is 15.3 Å². The van der Waals surface area contributed by atoms with Crippen LogP contribution >= 0.6 is 11.3 Å². The Morgan fingerprint density at radius 2 is 1.91 bits per heavy atom. The van der Waals surface area contributed by atoms with Gasteiger partial charge in [-0.2, -0.15) is 5.26 Å². The summed E-state index contributed by atoms with van der Waals surface area (Å²) in [5.74, 6) is -0.638. The number of aromatic nitrogens is 1. The van der Waals surface area contributed by atoms with Crippen LogP contribution in [0, 0.1) is 11.3 Å². The van der Waals surface area contributed by atoms with Crippen molar-refractivity contribution in [1.29, 1.82) is 5.26 Å². The Bertz CT molecular complexity index is 1190. The van der Waals surface area contributed by atoms with E-state index in [1.165, 1.54) is 11.6 Å². The molecule has 0 atom stereocenters. The number of rotatable bonds is 9. The molecular formula is C22H28N6O3S. The van der Waals surface area contributed by atoms with E-state index in [-0.39, 0.29) is 17.0 Å². The van der Waals surface area contributed by atoms with Crippen LogP contribution in [0.4, 0.5) is 11.4 Å². The molecule has 32 heavy (non-hydrogen) atoms. The molecule has 1 aromatic heterocycles. The standard InChI is InChI=1S/C22H28N6O3S/c1-5-27(6-2)14-19(29)26-16-10-8-9-15(11-16)25-13-18-21(31)28(7-3)22(32-18)17(12-23)20(30)24-4/h8-11,13,25H,5-7,14H2,1-4H3,(H,24,30)(H,26,29). The Morgan fingerprint density at radius 3 is 2.50 bits per heavy atom. The predicted molar refractivity (Wildman–Crippen MR) is 128 cm³/mol. The van der Waals surface area contributed by atoms with E-state index in [1.54, 1.807) is 37.4 Å². The molecule has 0 unspecified atom stereocenters. The first-order chi connectivity index (χ1) is 15.4. The van der Waals surface area contributed by atoms with Crippen molar-refractivity contribution in [2.45, 2.75) is 27.3 Å². The topological polar surface area (TPSA) is 119 Å². The highest BCUT2D eigenvalue weighted by molar-refractivity contribution is 7.07. The number of nitriles is 1. The fraction of sp³-hybridized carbons (Fsp3) is 0.364. The number of nitrogens with one attached hydrogen (secondary N) is 3. The third-order valence-electron chi connectivity index (χ3n) is 4.78. The van der Waals surface area contributed by atoms with E-state index in [9.17, 15) is 19.6 Å². The fourth-order valence-electron chi connectivity index (χ4n) is 3.00. The van der Waals surface area contributed by atoms with Gasteiger partial charge in [0, 0.05) is 31.2 Å². The highest BCUT2D eigenvalue weighted by atomic mass is 32.1. The zero-order valence-electron chi connectivity index (χ0n) is 18.7. The first-order valence-electron chi connectivity index (χ1n) is 10.3. The van der Waals surface area contributed by atoms with Gasteiger partial charge in [-0.15, -0.1) is 11.3 Å². The Hall–Kier alpha value is -3.42. The lowest BCUT2D eigenvalue weighted by molar-refractivity contribution is -0.117. The lowest BCUT2D eigenvalue weighted by atomic mass is 10.2. The van der Waals surface area contributed by atoms with Gasteiger partial charge in [-0.25, -0.2) is 0 Å². The van der Waals surface area contributed by atoms with E-state index < -0.39 is 5.91 Å². The number of hydrogen-bond acceptors (Lipinski definition) is 7. The summed E-state index contributed by atoms with van der Waals surface area (Å²) in [5, 5.41) is 17.7. The lowest BCUT2D eigenvalue weighted by Crippen LogP contribution is -2.33. The van der Waals surface area contributed by atoms with Crippen molar-refractivity contribution in [3.05, 3.63) is 43.8 Å². The smallest absolute Gasteiger partial charge is 0.270 e. The second kappa shape index (κ2) is 11.8. The summed E-state index contributed by atoms with van der Waals surface area (Å²) in [5.41, 5.74) is 0.922. The maximum absolute atomic E-state index is 12.7. The van der Waals surface area contributed by atoms with Crippen molar-refractivity contribution in [3.8, 4) is 6.07 Å². The number of anilines is 2. The molecule has 0 aliphatic heterocycles. The van der Waals surface area contributed by atoms with Gasteiger partial charge in [0.2, 0.25) is 5.91 Å². The highest BCUT2D eigenvalue weighted by Crippen LogP contribution is 2.15. The van der Waals surface area contributed by atoms with Crippen LogP contribution in [0.2, 0.25) is 0 Å². The molecule has 0 bridgehead atoms. The molecule has 0 spiro atoms. The second-order valence-corrected chi connectivity index (χ2v) is 7.80. The van der Waals surface area contributed by atoms with E-state index >= 15 is 0 Å². The van der Waals surface area contributed by atoms with Crippen molar-refractivity contribution in [1.82, 2.24) is 14.8 Å². The van der Waals surface area contributed by atoms with Gasteiger partial charge >= 0.3 is 0 Å². The van der Waals surface area contributed by atoms with E-state index in [0.717, 1.165) is 24.4 Å². The molecule has 0 saturated carbocycles. The normalized spacial score (nSPS) is 12.3. The molecule has 0 fully saturated rings. The highest BCUT2D eigenvalue weighted by Gasteiger charge is 2.14. The first-order valence-corrected chi connectivity index (χ1v) is 11.1. The molecule has 1 heterocycles. The quantitative estimate of drug-likeness (QED) is 0.505. The molecule has 9 nitrogen and oxygen atoms in total. The van der Waals surface area contributed by atoms with Crippen LogP contribution in [-0.4, -0.2) is 48.0 Å². The van der Waals surface area contributed by atoms with E-state index in [0.29, 0.717) is 33.7 Å². The van der Waals surface area contributed by atoms with E-state index in [1.807, 2.05) is 24.8 Å². The molecule has 2 rings (SSSR count). The minimum absolute atomic E-state index is 0.0997. The number of benzene rings is 1. The number of likely N-dealkylation sites (N-methyl/N-ethyl adjacent to an activating group) is 1. The number of thiazole rings is 1. The summed E-state index contributed by atoms with van der Waals surface area (Å²) in [6.45, 7) is 8.02. The van der Waals surface area contributed by atoms with Crippen LogP contribution in [0.15, 0.2) is 29.1 Å². The molecule has 10 heteroatoms. The molecule has 170 valence electrons. The van der Waals surface area contributed by atoms with Crippen molar-refractivity contribution in [2.75, 3.05) is 37.3 Å². The molecular weight excluding hydrogens is 428 g/mol. The molecule has 3 N–H and O–H groups in total. The van der Waals surface area contributed by atoms with Crippen molar-refractivity contribution in [3.63, 3.8) is 0 Å². The monoisotopic (exact) mass is 456 g/mol. The van der Waals surface area contributed by atoms with Crippen LogP contribution in [0.3, 0.4) is 0 Å². The van der Waals surface area contributed by atoms with Gasteiger partial charge < -0.3 is 16.0 Å². The zero-order chi connectivity index (χ0) is 23.7. The second-order valence-electron chi connectivity index (χ2n) is 6.77. The number of hydrogen-bond donors (Lipinski definition) is 3. The minimum Gasteiger partial charge on any atom is -0.360 e. The first kappa shape index (κ1) is 24.8. The number of carbonyl (C=O) groups excluding carboxylic acids is 2. The summed E-state index contributed by atoms with van der Waals surface area (Å²) in [6.07, 6.45) is 1.54. The number of amides is 2. The van der Waals surface area contributed by atoms with Crippen LogP contribution < -0.4 is 30.7 Å². The molecule has 2 amide bonds. The summed E-state index contributed by atoms with van der Waals surface area (Å²) < 4.78 is 2.06. The van der Waals surface area contributed by atoms with Crippen LogP contribution in [0.25, 0.3) is 11.8 Å². The number of carbonyl (C=O) groups is 2. The predicted octanol–water partition coefficient (Wildman–Crippen LogP) is 0.480. The third-order valence-corrected chi connectivity index (χ3v) is 5.91. The molecule has 0 saturated heterocycles. The number of nitrogens with zero attached hydrogens (tertiary/aromatic N) is 3. The molecule has 0 radical (unpaired) electrons. The summed E-state index contributed by atoms with van der Waals surface area (Å²) >= 11 is 1.07. The average molecular weight is 457 g/mol. The van der Waals surface area contributed by atoms with Gasteiger partial charge in [0.05, 0.1) is 6.54 Å². The maximum Gasteiger partial charge on any atom is 0.270 e. The van der Waals surface area contributed by atoms with Gasteiger partial charge in [-0.1, -0.05) is 19.9 Å². The van der Waals surface area contributed by atoms with E-state index in [4.69, 9.17) is 0 Å². The van der Waals surface area contributed by atoms with Gasteiger partial charge in [-0.3, -0.25) is 23.9 Å². The lowest BCUT2D eigenvalue weighted by Gasteiger charge is -2.17. The Kier molecular flexibility index (Phi) is 9.19. The summed E-state index contributed by atoms with van der Waals surface area (Å²) in [6, 6.07) is 9.03. The summed E-state index contributed by atoms with van der Waals surface area (Å²) in [4.78, 5) is 39.0. The zero-order valence-corrected chi connectivity index (χ0v) is 19.5. The third kappa shape index (κ3) is 6.06. The van der Waals surface area contributed by atoms with Gasteiger partial charge in [-0.05, 0) is 38.2 Å². The van der Waals surface area contributed by atoms with Crippen molar-refractivity contribution >= 4 is 46.3 Å². The van der Waals surface area contributed by atoms with Crippen LogP contribution in [0.5, 0.6) is 0 Å². The Balaban J connectivity index is 2.32. The Morgan fingerprint density at radius 1 is 1.22 bits per heavy atom. The fourth-order valence-corrected chi connectivity index (χ4v) is 4.09. The molecule has 0 aliphatic rings. The average Bonchev–Trinajstić information content (AvgIpc) is 3.11. The molecule has 1 aromatic carbocycles. The largest absolute Gasteiger partial charge is 0.360 e. The van der Waals surface area contributed by atoms with Crippen LogP contribution in [-0.2, 0) is 16.1 Å². The van der Waals surface area contributed by atoms with Gasteiger partial charge in [0.25, 0.3) is 11.5 Å². The van der Waals surface area contributed by atoms with Crippen LogP contribution in [0.1, 0.15) is 20.8 Å².